The first-order valence-corrected chi connectivity index (χ1v) is 18.6. The maximum Gasteiger partial charge on any atom is 0.260 e. The van der Waals surface area contributed by atoms with Gasteiger partial charge in [-0.1, -0.05) is 84.9 Å². The van der Waals surface area contributed by atoms with Gasteiger partial charge in [0.05, 0.1) is 11.4 Å². The van der Waals surface area contributed by atoms with Gasteiger partial charge in [0.25, 0.3) is 6.71 Å². The minimum atomic E-state index is -0.00787. The zero-order valence-electron chi connectivity index (χ0n) is 29.5. The van der Waals surface area contributed by atoms with Crippen LogP contribution in [0.5, 0.6) is 69.0 Å². The van der Waals surface area contributed by atoms with Crippen LogP contribution in [0.15, 0.2) is 158 Å². The van der Waals surface area contributed by atoms with Gasteiger partial charge in [-0.25, -0.2) is 0 Å². The molecule has 5 aliphatic rings. The number of hydrogen-bond acceptors (Lipinski definition) is 7. The predicted molar refractivity (Wildman–Crippen MR) is 216 cm³/mol. The summed E-state index contributed by atoms with van der Waals surface area (Å²) in [6, 6.07) is 52.8. The molecule has 262 valence electrons. The second-order valence-corrected chi connectivity index (χ2v) is 14.4. The van der Waals surface area contributed by atoms with Gasteiger partial charge in [0.15, 0.2) is 46.0 Å². The molecule has 5 aliphatic heterocycles. The van der Waals surface area contributed by atoms with Crippen LogP contribution in [0.1, 0.15) is 0 Å². The molecule has 0 saturated carbocycles. The lowest BCUT2D eigenvalue weighted by molar-refractivity contribution is 0.362. The van der Waals surface area contributed by atoms with Gasteiger partial charge in [-0.05, 0) is 94.8 Å². The van der Waals surface area contributed by atoms with E-state index in [1.807, 2.05) is 97.1 Å². The van der Waals surface area contributed by atoms with Gasteiger partial charge < -0.3 is 28.4 Å². The number of rotatable bonds is 2. The SMILES string of the molecule is c1ccc2c(c1)Oc1cc(-c3cccc4c3Oc3c(cccc3-c3cc5c6c(c3)Oc3ccccc3N6c3ccccc3O5)O4)cc3c1B2c1ccccc1O3. The summed E-state index contributed by atoms with van der Waals surface area (Å²) >= 11 is 0. The molecule has 0 spiro atoms. The Morgan fingerprint density at radius 1 is 0.339 bits per heavy atom. The Balaban J connectivity index is 0.936. The number of benzene rings is 8. The third-order valence-corrected chi connectivity index (χ3v) is 11.2. The molecule has 0 fully saturated rings. The molecule has 0 bridgehead atoms. The molecule has 0 aliphatic carbocycles. The largest absolute Gasteiger partial charge is 0.458 e. The average molecular weight is 724 g/mol. The summed E-state index contributed by atoms with van der Waals surface area (Å²) in [5.41, 5.74) is 9.46. The topological polar surface area (TPSA) is 58.6 Å². The molecule has 8 heteroatoms. The van der Waals surface area contributed by atoms with Crippen molar-refractivity contribution in [3.05, 3.63) is 158 Å². The molecule has 0 N–H and O–H groups in total. The number of fused-ring (bicyclic) bond motifs is 10. The molecule has 13 rings (SSSR count). The minimum absolute atomic E-state index is 0.00787. The van der Waals surface area contributed by atoms with E-state index in [1.54, 1.807) is 0 Å². The molecule has 0 unspecified atom stereocenters. The highest BCUT2D eigenvalue weighted by molar-refractivity contribution is 6.98. The standard InChI is InChI=1S/C48H26BNO6/c1-5-17-35-31(13-1)49-32-14-2-6-18-36(32)52-42-24-27(23-41(51-35)45(42)49)29-11-9-21-39-47(29)56-48-30(12-10-22-40(48)55-39)28-25-43-46-44(26-28)54-38-20-8-4-16-34(38)50(46)33-15-3-7-19-37(33)53-43/h1-26H. The van der Waals surface area contributed by atoms with Gasteiger partial charge in [0.2, 0.25) is 0 Å². The van der Waals surface area contributed by atoms with Crippen molar-refractivity contribution in [1.82, 2.24) is 0 Å². The maximum atomic E-state index is 6.98. The smallest absolute Gasteiger partial charge is 0.260 e. The molecular formula is C48H26BNO6. The van der Waals surface area contributed by atoms with Gasteiger partial charge in [0, 0.05) is 16.6 Å². The summed E-state index contributed by atoms with van der Waals surface area (Å²) in [7, 11) is 0. The maximum absolute atomic E-state index is 6.98. The molecule has 0 radical (unpaired) electrons. The zero-order valence-corrected chi connectivity index (χ0v) is 29.5. The van der Waals surface area contributed by atoms with Crippen molar-refractivity contribution in [2.24, 2.45) is 0 Å². The average Bonchev–Trinajstić information content (AvgIpc) is 3.24. The Morgan fingerprint density at radius 2 is 0.750 bits per heavy atom. The van der Waals surface area contributed by atoms with E-state index in [4.69, 9.17) is 28.4 Å². The fraction of sp³-hybridized carbons (Fsp3) is 0. The molecule has 8 aromatic rings. The molecule has 7 nitrogen and oxygen atoms in total. The summed E-state index contributed by atoms with van der Waals surface area (Å²) in [6.45, 7) is -0.00787. The van der Waals surface area contributed by atoms with Crippen molar-refractivity contribution in [2.75, 3.05) is 4.90 Å². The Hall–Kier alpha value is -7.58. The third-order valence-electron chi connectivity index (χ3n) is 11.2. The minimum Gasteiger partial charge on any atom is -0.458 e. The van der Waals surface area contributed by atoms with Gasteiger partial charge in [-0.2, -0.15) is 0 Å². The van der Waals surface area contributed by atoms with Gasteiger partial charge >= 0.3 is 0 Å². The van der Waals surface area contributed by atoms with Crippen molar-refractivity contribution in [2.45, 2.75) is 0 Å². The van der Waals surface area contributed by atoms with E-state index in [1.165, 1.54) is 0 Å². The van der Waals surface area contributed by atoms with E-state index in [0.717, 1.165) is 90.2 Å². The Bertz CT molecular complexity index is 2690. The molecule has 5 heterocycles. The van der Waals surface area contributed by atoms with E-state index < -0.39 is 0 Å². The van der Waals surface area contributed by atoms with E-state index in [-0.39, 0.29) is 6.71 Å². The lowest BCUT2D eigenvalue weighted by Crippen LogP contribution is -2.57. The van der Waals surface area contributed by atoms with E-state index in [0.29, 0.717) is 34.5 Å². The number of ether oxygens (including phenoxy) is 6. The molecule has 56 heavy (non-hydrogen) atoms. The number of hydrogen-bond donors (Lipinski definition) is 0. The van der Waals surface area contributed by atoms with Crippen LogP contribution in [-0.4, -0.2) is 6.71 Å². The van der Waals surface area contributed by atoms with Crippen LogP contribution >= 0.6 is 0 Å². The summed E-state index contributed by atoms with van der Waals surface area (Å²) < 4.78 is 40.0. The quantitative estimate of drug-likeness (QED) is 0.165. The Labute approximate surface area is 321 Å². The lowest BCUT2D eigenvalue weighted by Gasteiger charge is -2.38. The van der Waals surface area contributed by atoms with Crippen molar-refractivity contribution in [3.63, 3.8) is 0 Å². The van der Waals surface area contributed by atoms with Gasteiger partial charge in [-0.3, -0.25) is 4.90 Å². The summed E-state index contributed by atoms with van der Waals surface area (Å²) in [4.78, 5) is 2.22. The highest BCUT2D eigenvalue weighted by atomic mass is 16.6. The molecule has 0 aromatic heterocycles. The monoisotopic (exact) mass is 723 g/mol. The van der Waals surface area contributed by atoms with Crippen LogP contribution in [-0.2, 0) is 0 Å². The first-order chi connectivity index (χ1) is 27.7. The van der Waals surface area contributed by atoms with E-state index >= 15 is 0 Å². The number of para-hydroxylation sites is 8. The summed E-state index contributed by atoms with van der Waals surface area (Å²) in [5, 5.41) is 0. The normalized spacial score (nSPS) is 13.8. The van der Waals surface area contributed by atoms with Crippen molar-refractivity contribution in [1.29, 1.82) is 0 Å². The lowest BCUT2D eigenvalue weighted by atomic mass is 9.35. The second-order valence-electron chi connectivity index (χ2n) is 14.4. The van der Waals surface area contributed by atoms with Crippen molar-refractivity contribution in [3.8, 4) is 91.2 Å². The van der Waals surface area contributed by atoms with Crippen LogP contribution in [0.2, 0.25) is 0 Å². The fourth-order valence-corrected chi connectivity index (χ4v) is 8.81. The van der Waals surface area contributed by atoms with Crippen molar-refractivity contribution < 1.29 is 28.4 Å². The zero-order chi connectivity index (χ0) is 36.5. The van der Waals surface area contributed by atoms with Gasteiger partial charge in [-0.15, -0.1) is 0 Å². The van der Waals surface area contributed by atoms with Crippen LogP contribution in [0, 0.1) is 0 Å². The molecule has 8 aromatic carbocycles. The second kappa shape index (κ2) is 11.0. The first-order valence-electron chi connectivity index (χ1n) is 18.6. The van der Waals surface area contributed by atoms with E-state index in [2.05, 4.69) is 65.6 Å². The Kier molecular flexibility index (Phi) is 5.86. The van der Waals surface area contributed by atoms with Crippen LogP contribution in [0.3, 0.4) is 0 Å². The van der Waals surface area contributed by atoms with Crippen molar-refractivity contribution >= 4 is 40.2 Å². The Morgan fingerprint density at radius 3 is 1.29 bits per heavy atom. The van der Waals surface area contributed by atoms with Crippen LogP contribution in [0.4, 0.5) is 17.1 Å². The molecular weight excluding hydrogens is 697 g/mol. The molecule has 0 amide bonds. The van der Waals surface area contributed by atoms with Crippen LogP contribution < -0.4 is 49.7 Å². The van der Waals surface area contributed by atoms with Crippen LogP contribution in [0.25, 0.3) is 22.3 Å². The number of nitrogens with zero attached hydrogens (tertiary/aromatic N) is 1. The first kappa shape index (κ1) is 29.8. The molecule has 0 atom stereocenters. The fourth-order valence-electron chi connectivity index (χ4n) is 8.81. The third kappa shape index (κ3) is 4.12. The highest BCUT2D eigenvalue weighted by Crippen LogP contribution is 2.61. The highest BCUT2D eigenvalue weighted by Gasteiger charge is 2.41. The predicted octanol–water partition coefficient (Wildman–Crippen LogP) is 11.3. The van der Waals surface area contributed by atoms with E-state index in [9.17, 15) is 0 Å². The summed E-state index contributed by atoms with van der Waals surface area (Å²) in [6.07, 6.45) is 0. The molecule has 0 saturated heterocycles. The number of anilines is 3. The van der Waals surface area contributed by atoms with Gasteiger partial charge in [0.1, 0.15) is 28.7 Å². The summed E-state index contributed by atoms with van der Waals surface area (Å²) in [5.74, 6) is 8.52.